The third kappa shape index (κ3) is 2.61. The number of morpholine rings is 1. The van der Waals surface area contributed by atoms with Crippen molar-refractivity contribution in [1.29, 1.82) is 0 Å². The lowest BCUT2D eigenvalue weighted by molar-refractivity contribution is -0.0378. The Morgan fingerprint density at radius 2 is 2.56 bits per heavy atom. The monoisotopic (exact) mass is 225 g/mol. The second-order valence-corrected chi connectivity index (χ2v) is 4.12. The van der Waals surface area contributed by atoms with Crippen LogP contribution in [0, 0.1) is 6.92 Å². The van der Waals surface area contributed by atoms with Crippen LogP contribution in [0.1, 0.15) is 17.4 Å². The zero-order valence-corrected chi connectivity index (χ0v) is 9.90. The molecule has 2 rings (SSSR count). The number of nitrogens with zero attached hydrogens (tertiary/aromatic N) is 2. The Labute approximate surface area is 95.7 Å². The summed E-state index contributed by atoms with van der Waals surface area (Å²) in [5.74, 6) is 0. The van der Waals surface area contributed by atoms with Gasteiger partial charge in [-0.2, -0.15) is 5.10 Å². The minimum absolute atomic E-state index is 0.119. The highest BCUT2D eigenvalue weighted by Gasteiger charge is 2.23. The largest absolute Gasteiger partial charge is 0.383 e. The number of aromatic amines is 1. The van der Waals surface area contributed by atoms with Crippen LogP contribution < -0.4 is 0 Å². The molecule has 1 unspecified atom stereocenters. The van der Waals surface area contributed by atoms with Crippen LogP contribution in [0.5, 0.6) is 0 Å². The van der Waals surface area contributed by atoms with Gasteiger partial charge in [-0.25, -0.2) is 0 Å². The van der Waals surface area contributed by atoms with Crippen LogP contribution in [-0.2, 0) is 9.47 Å². The Morgan fingerprint density at radius 1 is 1.69 bits per heavy atom. The predicted octanol–water partition coefficient (Wildman–Crippen LogP) is 0.738. The van der Waals surface area contributed by atoms with E-state index < -0.39 is 0 Å². The molecule has 1 aliphatic heterocycles. The number of aryl methyl sites for hydroxylation is 1. The van der Waals surface area contributed by atoms with Gasteiger partial charge in [0.25, 0.3) is 0 Å². The molecule has 2 heterocycles. The molecule has 1 aliphatic rings. The Balaban J connectivity index is 1.94. The number of H-pyrrole nitrogens is 1. The summed E-state index contributed by atoms with van der Waals surface area (Å²) in [4.78, 5) is 2.36. The van der Waals surface area contributed by atoms with Crippen molar-refractivity contribution in [2.24, 2.45) is 0 Å². The zero-order valence-electron chi connectivity index (χ0n) is 9.90. The van der Waals surface area contributed by atoms with E-state index in [0.717, 1.165) is 38.5 Å². The average molecular weight is 225 g/mol. The van der Waals surface area contributed by atoms with Crippen LogP contribution in [0.2, 0.25) is 0 Å². The van der Waals surface area contributed by atoms with Gasteiger partial charge in [-0.05, 0) is 12.5 Å². The summed E-state index contributed by atoms with van der Waals surface area (Å²) >= 11 is 0. The SMILES string of the molecule is COCCN1CCOC(c2[nH]ncc2C)C1. The second-order valence-electron chi connectivity index (χ2n) is 4.12. The molecule has 1 aromatic rings. The normalized spacial score (nSPS) is 22.5. The third-order valence-corrected chi connectivity index (χ3v) is 2.95. The highest BCUT2D eigenvalue weighted by molar-refractivity contribution is 5.17. The molecule has 1 N–H and O–H groups in total. The molecule has 0 bridgehead atoms. The fourth-order valence-corrected chi connectivity index (χ4v) is 1.98. The van der Waals surface area contributed by atoms with Gasteiger partial charge in [-0.3, -0.25) is 10.00 Å². The van der Waals surface area contributed by atoms with Gasteiger partial charge >= 0.3 is 0 Å². The fraction of sp³-hybridized carbons (Fsp3) is 0.727. The van der Waals surface area contributed by atoms with Crippen LogP contribution in [0.4, 0.5) is 0 Å². The fourth-order valence-electron chi connectivity index (χ4n) is 1.98. The molecule has 0 aliphatic carbocycles. The zero-order chi connectivity index (χ0) is 11.4. The first kappa shape index (κ1) is 11.6. The van der Waals surface area contributed by atoms with E-state index >= 15 is 0 Å². The van der Waals surface area contributed by atoms with Gasteiger partial charge in [0.05, 0.1) is 25.1 Å². The lowest BCUT2D eigenvalue weighted by Gasteiger charge is -2.32. The van der Waals surface area contributed by atoms with E-state index in [0.29, 0.717) is 0 Å². The number of methoxy groups -OCH3 is 1. The van der Waals surface area contributed by atoms with Gasteiger partial charge in [0.15, 0.2) is 0 Å². The Bertz CT molecular complexity index is 327. The van der Waals surface area contributed by atoms with E-state index in [1.54, 1.807) is 7.11 Å². The van der Waals surface area contributed by atoms with Crippen molar-refractivity contribution in [2.75, 3.05) is 40.0 Å². The molecule has 5 nitrogen and oxygen atoms in total. The number of hydrogen-bond donors (Lipinski definition) is 1. The maximum Gasteiger partial charge on any atom is 0.112 e. The summed E-state index contributed by atoms with van der Waals surface area (Å²) in [5, 5.41) is 7.05. The summed E-state index contributed by atoms with van der Waals surface area (Å²) in [7, 11) is 1.73. The van der Waals surface area contributed by atoms with E-state index in [9.17, 15) is 0 Å². The molecule has 1 fully saturated rings. The molecule has 1 aromatic heterocycles. The van der Waals surface area contributed by atoms with E-state index in [1.165, 1.54) is 5.56 Å². The molecule has 16 heavy (non-hydrogen) atoms. The van der Waals surface area contributed by atoms with Crippen molar-refractivity contribution in [3.63, 3.8) is 0 Å². The third-order valence-electron chi connectivity index (χ3n) is 2.95. The van der Waals surface area contributed by atoms with Crippen LogP contribution in [0.15, 0.2) is 6.20 Å². The van der Waals surface area contributed by atoms with Crippen LogP contribution >= 0.6 is 0 Å². The van der Waals surface area contributed by atoms with Gasteiger partial charge in [0, 0.05) is 26.7 Å². The van der Waals surface area contributed by atoms with Crippen LogP contribution in [0.25, 0.3) is 0 Å². The van der Waals surface area contributed by atoms with Gasteiger partial charge in [0.1, 0.15) is 6.10 Å². The average Bonchev–Trinajstić information content (AvgIpc) is 2.73. The van der Waals surface area contributed by atoms with Crippen LogP contribution in [0.3, 0.4) is 0 Å². The first-order valence-corrected chi connectivity index (χ1v) is 5.64. The summed E-state index contributed by atoms with van der Waals surface area (Å²) < 4.78 is 10.9. The van der Waals surface area contributed by atoms with E-state index in [2.05, 4.69) is 22.0 Å². The number of rotatable bonds is 4. The second kappa shape index (κ2) is 5.43. The Morgan fingerprint density at radius 3 is 3.25 bits per heavy atom. The van der Waals surface area contributed by atoms with E-state index in [4.69, 9.17) is 9.47 Å². The molecule has 1 atom stereocenters. The molecule has 0 radical (unpaired) electrons. The van der Waals surface area contributed by atoms with Crippen molar-refractivity contribution < 1.29 is 9.47 Å². The quantitative estimate of drug-likeness (QED) is 0.821. The lowest BCUT2D eigenvalue weighted by atomic mass is 10.1. The van der Waals surface area contributed by atoms with Crippen molar-refractivity contribution in [3.05, 3.63) is 17.5 Å². The molecule has 0 amide bonds. The standard InChI is InChI=1S/C11H19N3O2/c1-9-7-12-13-11(9)10-8-14(3-5-15-2)4-6-16-10/h7,10H,3-6,8H2,1-2H3,(H,12,13). The van der Waals surface area contributed by atoms with Crippen molar-refractivity contribution >= 4 is 0 Å². The maximum absolute atomic E-state index is 5.76. The molecule has 0 spiro atoms. The van der Waals surface area contributed by atoms with E-state index in [1.807, 2.05) is 6.20 Å². The van der Waals surface area contributed by atoms with Crippen molar-refractivity contribution in [3.8, 4) is 0 Å². The lowest BCUT2D eigenvalue weighted by Crippen LogP contribution is -2.40. The van der Waals surface area contributed by atoms with Crippen LogP contribution in [-0.4, -0.2) is 55.1 Å². The van der Waals surface area contributed by atoms with Crippen molar-refractivity contribution in [2.45, 2.75) is 13.0 Å². The molecule has 0 aromatic carbocycles. The van der Waals surface area contributed by atoms with Gasteiger partial charge in [-0.15, -0.1) is 0 Å². The summed E-state index contributed by atoms with van der Waals surface area (Å²) in [5.41, 5.74) is 2.26. The summed E-state index contributed by atoms with van der Waals surface area (Å²) in [6, 6.07) is 0. The topological polar surface area (TPSA) is 50.4 Å². The molecule has 0 saturated carbocycles. The number of aromatic nitrogens is 2. The Kier molecular flexibility index (Phi) is 3.93. The molecular formula is C11H19N3O2. The summed E-state index contributed by atoms with van der Waals surface area (Å²) in [6.45, 7) is 6.45. The number of ether oxygens (including phenoxy) is 2. The minimum Gasteiger partial charge on any atom is -0.383 e. The molecule has 5 heteroatoms. The van der Waals surface area contributed by atoms with E-state index in [-0.39, 0.29) is 6.10 Å². The number of hydrogen-bond acceptors (Lipinski definition) is 4. The molecule has 90 valence electrons. The summed E-state index contributed by atoms with van der Waals surface area (Å²) in [6.07, 6.45) is 1.96. The highest BCUT2D eigenvalue weighted by atomic mass is 16.5. The van der Waals surface area contributed by atoms with Gasteiger partial charge < -0.3 is 9.47 Å². The number of nitrogens with one attached hydrogen (secondary N) is 1. The van der Waals surface area contributed by atoms with Crippen molar-refractivity contribution in [1.82, 2.24) is 15.1 Å². The highest BCUT2D eigenvalue weighted by Crippen LogP contribution is 2.22. The molecule has 1 saturated heterocycles. The minimum atomic E-state index is 0.119. The first-order valence-electron chi connectivity index (χ1n) is 5.64. The smallest absolute Gasteiger partial charge is 0.112 e. The Hall–Kier alpha value is -0.910. The first-order chi connectivity index (χ1) is 7.81. The maximum atomic E-state index is 5.76. The van der Waals surface area contributed by atoms with Gasteiger partial charge in [-0.1, -0.05) is 0 Å². The molecular weight excluding hydrogens is 206 g/mol. The van der Waals surface area contributed by atoms with Gasteiger partial charge in [0.2, 0.25) is 0 Å². The predicted molar refractivity (Wildman–Crippen MR) is 60.3 cm³/mol.